The molecule has 1 fully saturated rings. The highest BCUT2D eigenvalue weighted by molar-refractivity contribution is 6.88. The van der Waals surface area contributed by atoms with Crippen molar-refractivity contribution in [1.82, 2.24) is 9.55 Å². The molecule has 3 N–H and O–H groups in total. The van der Waals surface area contributed by atoms with Gasteiger partial charge in [-0.2, -0.15) is 0 Å². The maximum absolute atomic E-state index is 12.6. The Hall–Kier alpha value is -2.78. The first-order valence-corrected chi connectivity index (χ1v) is 13.2. The number of aliphatic hydroxyl groups is 2. The summed E-state index contributed by atoms with van der Waals surface area (Å²) < 4.78 is 7.42. The summed E-state index contributed by atoms with van der Waals surface area (Å²) in [6.45, 7) is 7.66. The maximum atomic E-state index is 12.6. The van der Waals surface area contributed by atoms with Gasteiger partial charge in [-0.25, -0.2) is 4.79 Å². The van der Waals surface area contributed by atoms with Crippen LogP contribution in [-0.4, -0.2) is 46.5 Å². The fourth-order valence-electron chi connectivity index (χ4n) is 5.05. The summed E-state index contributed by atoms with van der Waals surface area (Å²) in [6, 6.07) is 18.0. The van der Waals surface area contributed by atoms with E-state index in [-0.39, 0.29) is 11.8 Å². The molecule has 0 bridgehead atoms. The Balaban J connectivity index is 1.89. The lowest BCUT2D eigenvalue weighted by molar-refractivity contribution is -0.0570. The van der Waals surface area contributed by atoms with Crippen molar-refractivity contribution < 1.29 is 14.9 Å². The van der Waals surface area contributed by atoms with E-state index in [4.69, 9.17) is 4.74 Å². The fraction of sp³-hybridized carbons (Fsp3) is 0.385. The normalized spacial score (nSPS) is 23.7. The lowest BCUT2D eigenvalue weighted by Crippen LogP contribution is -2.66. The highest BCUT2D eigenvalue weighted by Crippen LogP contribution is 2.38. The lowest BCUT2D eigenvalue weighted by atomic mass is 9.87. The number of nitrogens with zero attached hydrogens (tertiary/aromatic N) is 1. The van der Waals surface area contributed by atoms with E-state index in [0.717, 1.165) is 15.9 Å². The predicted octanol–water partition coefficient (Wildman–Crippen LogP) is 0.734. The Morgan fingerprint density at radius 2 is 1.76 bits per heavy atom. The zero-order chi connectivity index (χ0) is 24.7. The van der Waals surface area contributed by atoms with Crippen LogP contribution in [0.25, 0.3) is 0 Å². The molecule has 1 aliphatic rings. The molecule has 4 rings (SSSR count). The highest BCUT2D eigenvalue weighted by Gasteiger charge is 2.55. The molecule has 1 saturated heterocycles. The first kappa shape index (κ1) is 24.3. The Kier molecular flexibility index (Phi) is 6.52. The van der Waals surface area contributed by atoms with Crippen LogP contribution in [-0.2, 0) is 10.2 Å². The van der Waals surface area contributed by atoms with E-state index in [1.807, 2.05) is 42.5 Å². The van der Waals surface area contributed by atoms with Crippen LogP contribution in [0.2, 0.25) is 0 Å². The number of hydrogen-bond acceptors (Lipinski definition) is 5. The number of nitrogens with one attached hydrogen (secondary N) is 1. The first-order valence-electron chi connectivity index (χ1n) is 11.5. The Morgan fingerprint density at radius 3 is 2.41 bits per heavy atom. The second kappa shape index (κ2) is 9.11. The summed E-state index contributed by atoms with van der Waals surface area (Å²) >= 11 is 0. The quantitative estimate of drug-likeness (QED) is 0.467. The van der Waals surface area contributed by atoms with Crippen molar-refractivity contribution in [3.05, 3.63) is 92.8 Å². The smallest absolute Gasteiger partial charge is 0.330 e. The van der Waals surface area contributed by atoms with Crippen molar-refractivity contribution in [2.75, 3.05) is 6.61 Å². The molecule has 1 unspecified atom stereocenters. The van der Waals surface area contributed by atoms with Crippen molar-refractivity contribution in [1.29, 1.82) is 0 Å². The van der Waals surface area contributed by atoms with E-state index in [0.29, 0.717) is 5.56 Å². The Labute approximate surface area is 200 Å². The number of ether oxygens (including phenoxy) is 1. The van der Waals surface area contributed by atoms with Gasteiger partial charge in [0.15, 0.2) is 0 Å². The molecular formula is C26H32N2O5Si. The van der Waals surface area contributed by atoms with Crippen molar-refractivity contribution in [2.24, 2.45) is 0 Å². The van der Waals surface area contributed by atoms with Crippen LogP contribution in [0.5, 0.6) is 0 Å². The summed E-state index contributed by atoms with van der Waals surface area (Å²) in [5.74, 6) is 0. The average molecular weight is 481 g/mol. The molecule has 0 amide bonds. The van der Waals surface area contributed by atoms with Gasteiger partial charge in [0.1, 0.15) is 21.1 Å². The summed E-state index contributed by atoms with van der Waals surface area (Å²) in [5, 5.41) is 23.4. The Bertz CT molecular complexity index is 1280. The van der Waals surface area contributed by atoms with Crippen LogP contribution in [0.1, 0.15) is 44.5 Å². The van der Waals surface area contributed by atoms with Crippen molar-refractivity contribution in [3.8, 4) is 0 Å². The van der Waals surface area contributed by atoms with Crippen LogP contribution >= 0.6 is 0 Å². The molecule has 7 nitrogen and oxygen atoms in total. The molecule has 4 atom stereocenters. The van der Waals surface area contributed by atoms with Gasteiger partial charge in [-0.15, -0.1) is 0 Å². The highest BCUT2D eigenvalue weighted by atomic mass is 28.3. The van der Waals surface area contributed by atoms with Crippen LogP contribution in [0.4, 0.5) is 0 Å². The minimum atomic E-state index is -2.45. The zero-order valence-corrected chi connectivity index (χ0v) is 21.1. The summed E-state index contributed by atoms with van der Waals surface area (Å²) in [6.07, 6.45) is -0.130. The number of hydrogen-bond donors (Lipinski definition) is 3. The minimum absolute atomic E-state index is 0.119. The minimum Gasteiger partial charge on any atom is -0.394 e. The summed E-state index contributed by atoms with van der Waals surface area (Å²) in [4.78, 5) is 26.8. The van der Waals surface area contributed by atoms with E-state index in [2.05, 4.69) is 37.9 Å². The topological polar surface area (TPSA) is 105 Å². The van der Waals surface area contributed by atoms with E-state index >= 15 is 0 Å². The maximum Gasteiger partial charge on any atom is 0.330 e. The number of aryl methyl sites for hydroxylation is 1. The third-order valence-electron chi connectivity index (χ3n) is 6.72. The van der Waals surface area contributed by atoms with E-state index < -0.39 is 44.2 Å². The third-order valence-corrected chi connectivity index (χ3v) is 10.5. The van der Waals surface area contributed by atoms with Gasteiger partial charge in [0.05, 0.1) is 11.8 Å². The number of aromatic amines is 1. The van der Waals surface area contributed by atoms with Crippen molar-refractivity contribution in [2.45, 2.75) is 57.1 Å². The lowest BCUT2D eigenvalue weighted by Gasteiger charge is -2.38. The number of aliphatic hydroxyl groups excluding tert-OH is 1. The number of rotatable bonds is 5. The van der Waals surface area contributed by atoms with Gasteiger partial charge in [-0.3, -0.25) is 14.3 Å². The SMILES string of the molecule is Cc1cn([C@H]2C[C@@](O)([SiH](c3ccccc3)c3ccccc3C(C)(C)C)[C@@H](CO)O2)c(=O)[nH]c1=O. The van der Waals surface area contributed by atoms with Gasteiger partial charge in [-0.1, -0.05) is 85.7 Å². The van der Waals surface area contributed by atoms with Gasteiger partial charge < -0.3 is 14.9 Å². The zero-order valence-electron chi connectivity index (χ0n) is 20.0. The number of benzene rings is 2. The second-order valence-corrected chi connectivity index (χ2v) is 13.3. The van der Waals surface area contributed by atoms with Gasteiger partial charge in [0.25, 0.3) is 5.56 Å². The van der Waals surface area contributed by atoms with Crippen LogP contribution in [0.3, 0.4) is 0 Å². The van der Waals surface area contributed by atoms with E-state index in [9.17, 15) is 19.8 Å². The molecule has 0 radical (unpaired) electrons. The molecule has 34 heavy (non-hydrogen) atoms. The number of H-pyrrole nitrogens is 1. The van der Waals surface area contributed by atoms with E-state index in [1.54, 1.807) is 6.92 Å². The molecule has 2 aromatic carbocycles. The molecule has 8 heteroatoms. The molecular weight excluding hydrogens is 448 g/mol. The first-order chi connectivity index (χ1) is 16.1. The second-order valence-electron chi connectivity index (χ2n) is 10.1. The largest absolute Gasteiger partial charge is 0.394 e. The molecule has 1 aromatic heterocycles. The van der Waals surface area contributed by atoms with Crippen molar-refractivity contribution in [3.63, 3.8) is 0 Å². The average Bonchev–Trinajstić information content (AvgIpc) is 3.13. The molecule has 2 heterocycles. The summed E-state index contributed by atoms with van der Waals surface area (Å²) in [7, 11) is -2.45. The Morgan fingerprint density at radius 1 is 1.12 bits per heavy atom. The van der Waals surface area contributed by atoms with Crippen LogP contribution in [0, 0.1) is 6.92 Å². The molecule has 0 saturated carbocycles. The standard InChI is InChI=1S/C26H32N2O5Si/c1-17-15-28(24(31)27-23(17)30)22-14-26(32,21(16-29)33-22)34(18-10-6-5-7-11-18)20-13-9-8-12-19(20)25(2,3)4/h5-13,15,21-22,29,32,34H,14,16H2,1-4H3,(H,27,30,31)/t21-,22-,26-,34?/m1/s1. The predicted molar refractivity (Wildman–Crippen MR) is 135 cm³/mol. The van der Waals surface area contributed by atoms with Crippen LogP contribution in [0.15, 0.2) is 70.4 Å². The number of aromatic nitrogens is 2. The molecule has 180 valence electrons. The summed E-state index contributed by atoms with van der Waals surface area (Å²) in [5.41, 5.74) is 0.293. The monoisotopic (exact) mass is 480 g/mol. The third kappa shape index (κ3) is 4.34. The molecule has 0 aliphatic carbocycles. The van der Waals surface area contributed by atoms with Gasteiger partial charge in [-0.05, 0) is 17.9 Å². The molecule has 3 aromatic rings. The van der Waals surface area contributed by atoms with Crippen LogP contribution < -0.4 is 21.6 Å². The van der Waals surface area contributed by atoms with Gasteiger partial charge >= 0.3 is 5.69 Å². The molecule has 1 aliphatic heterocycles. The molecule has 0 spiro atoms. The fourth-order valence-corrected chi connectivity index (χ4v) is 9.27. The van der Waals surface area contributed by atoms with Crippen molar-refractivity contribution >= 4 is 19.2 Å². The van der Waals surface area contributed by atoms with Gasteiger partial charge in [0, 0.05) is 18.2 Å². The van der Waals surface area contributed by atoms with Gasteiger partial charge in [0.2, 0.25) is 0 Å². The van der Waals surface area contributed by atoms with E-state index in [1.165, 1.54) is 10.8 Å².